The Labute approximate surface area is 132 Å². The van der Waals surface area contributed by atoms with Gasteiger partial charge in [-0.25, -0.2) is 15.0 Å². The van der Waals surface area contributed by atoms with Gasteiger partial charge >= 0.3 is 0 Å². The van der Waals surface area contributed by atoms with Crippen LogP contribution in [0.25, 0.3) is 0 Å². The highest BCUT2D eigenvalue weighted by Crippen LogP contribution is 2.20. The Morgan fingerprint density at radius 2 is 2.27 bits per heavy atom. The summed E-state index contributed by atoms with van der Waals surface area (Å²) in [4.78, 5) is 24.7. The third kappa shape index (κ3) is 3.95. The lowest BCUT2D eigenvalue weighted by atomic mass is 10.3. The highest BCUT2D eigenvalue weighted by Gasteiger charge is 2.15. The summed E-state index contributed by atoms with van der Waals surface area (Å²) >= 11 is 1.38. The van der Waals surface area contributed by atoms with Gasteiger partial charge in [0.2, 0.25) is 0 Å². The number of rotatable bonds is 6. The van der Waals surface area contributed by atoms with E-state index in [4.69, 9.17) is 5.73 Å². The van der Waals surface area contributed by atoms with Gasteiger partial charge in [0, 0.05) is 12.7 Å². The van der Waals surface area contributed by atoms with Gasteiger partial charge < -0.3 is 16.4 Å². The van der Waals surface area contributed by atoms with E-state index < -0.39 is 0 Å². The fraction of sp³-hybridized carbons (Fsp3) is 0.143. The number of hydrogen-bond donors (Lipinski definition) is 3. The average Bonchev–Trinajstić information content (AvgIpc) is 2.52. The summed E-state index contributed by atoms with van der Waals surface area (Å²) in [5.74, 6) is 0.961. The standard InChI is InChI=1S/C14H16N6OS/c1-3-7-16-13(21)9-8-17-14(22-2)20-12(9)19-11-6-4-5-10(15)18-11/h3-6,8H,1,7H2,2H3,(H,16,21)(H3,15,17,18,19,20). The number of nitrogen functional groups attached to an aromatic ring is 1. The zero-order valence-corrected chi connectivity index (χ0v) is 12.9. The molecular weight excluding hydrogens is 300 g/mol. The number of pyridine rings is 1. The number of aromatic nitrogens is 3. The van der Waals surface area contributed by atoms with Crippen molar-refractivity contribution in [3.8, 4) is 0 Å². The fourth-order valence-electron chi connectivity index (χ4n) is 1.63. The molecule has 0 bridgehead atoms. The first-order valence-electron chi connectivity index (χ1n) is 6.43. The summed E-state index contributed by atoms with van der Waals surface area (Å²) in [7, 11) is 0. The predicted molar refractivity (Wildman–Crippen MR) is 88.3 cm³/mol. The van der Waals surface area contributed by atoms with Crippen molar-refractivity contribution in [1.29, 1.82) is 0 Å². The predicted octanol–water partition coefficient (Wildman–Crippen LogP) is 1.84. The molecule has 2 aromatic rings. The molecule has 0 saturated heterocycles. The Bertz CT molecular complexity index is 691. The van der Waals surface area contributed by atoms with Crippen LogP contribution in [0, 0.1) is 0 Å². The largest absolute Gasteiger partial charge is 0.384 e. The molecule has 7 nitrogen and oxygen atoms in total. The van der Waals surface area contributed by atoms with Gasteiger partial charge in [0.1, 0.15) is 23.0 Å². The van der Waals surface area contributed by atoms with Crippen LogP contribution in [0.15, 0.2) is 42.2 Å². The lowest BCUT2D eigenvalue weighted by Crippen LogP contribution is -2.24. The number of nitrogens with two attached hydrogens (primary N) is 1. The molecule has 8 heteroatoms. The van der Waals surface area contributed by atoms with Crippen LogP contribution in [0.4, 0.5) is 17.5 Å². The molecule has 4 N–H and O–H groups in total. The summed E-state index contributed by atoms with van der Waals surface area (Å²) < 4.78 is 0. The van der Waals surface area contributed by atoms with Crippen LogP contribution in [-0.2, 0) is 0 Å². The van der Waals surface area contributed by atoms with Gasteiger partial charge in [-0.2, -0.15) is 0 Å². The van der Waals surface area contributed by atoms with Gasteiger partial charge in [-0.1, -0.05) is 23.9 Å². The number of nitrogens with zero attached hydrogens (tertiary/aromatic N) is 3. The molecule has 1 amide bonds. The van der Waals surface area contributed by atoms with Gasteiger partial charge in [0.15, 0.2) is 5.16 Å². The molecule has 2 rings (SSSR count). The topological polar surface area (TPSA) is 106 Å². The first-order chi connectivity index (χ1) is 10.6. The number of hydrogen-bond acceptors (Lipinski definition) is 7. The molecule has 0 fully saturated rings. The molecule has 114 valence electrons. The maximum Gasteiger partial charge on any atom is 0.256 e. The third-order valence-electron chi connectivity index (χ3n) is 2.62. The molecule has 22 heavy (non-hydrogen) atoms. The van der Waals surface area contributed by atoms with Crippen LogP contribution >= 0.6 is 11.8 Å². The Balaban J connectivity index is 2.33. The van der Waals surface area contributed by atoms with Crippen molar-refractivity contribution in [3.05, 3.63) is 42.6 Å². The van der Waals surface area contributed by atoms with Crippen molar-refractivity contribution in [2.45, 2.75) is 5.16 Å². The molecule has 0 radical (unpaired) electrons. The normalized spacial score (nSPS) is 10.0. The highest BCUT2D eigenvalue weighted by molar-refractivity contribution is 7.98. The van der Waals surface area contributed by atoms with Crippen LogP contribution in [0.3, 0.4) is 0 Å². The van der Waals surface area contributed by atoms with Crippen molar-refractivity contribution in [3.63, 3.8) is 0 Å². The van der Waals surface area contributed by atoms with E-state index in [-0.39, 0.29) is 5.91 Å². The Morgan fingerprint density at radius 3 is 2.95 bits per heavy atom. The van der Waals surface area contributed by atoms with Gasteiger partial charge in [0.25, 0.3) is 5.91 Å². The Morgan fingerprint density at radius 1 is 1.45 bits per heavy atom. The zero-order valence-electron chi connectivity index (χ0n) is 12.0. The SMILES string of the molecule is C=CCNC(=O)c1cnc(SC)nc1Nc1cccc(N)n1. The summed E-state index contributed by atoms with van der Waals surface area (Å²) in [5, 5.41) is 6.25. The van der Waals surface area contributed by atoms with E-state index in [9.17, 15) is 4.79 Å². The molecule has 2 heterocycles. The summed E-state index contributed by atoms with van der Waals surface area (Å²) in [6.45, 7) is 3.92. The molecule has 2 aromatic heterocycles. The van der Waals surface area contributed by atoms with E-state index in [1.165, 1.54) is 18.0 Å². The Hall–Kier alpha value is -2.61. The maximum absolute atomic E-state index is 12.2. The molecule has 0 aliphatic heterocycles. The molecule has 0 spiro atoms. The molecule has 0 saturated carbocycles. The summed E-state index contributed by atoms with van der Waals surface area (Å²) in [6, 6.07) is 5.18. The second-order valence-corrected chi connectivity index (χ2v) is 4.96. The molecule has 0 aliphatic rings. The van der Waals surface area contributed by atoms with Crippen molar-refractivity contribution in [1.82, 2.24) is 20.3 Å². The van der Waals surface area contributed by atoms with Gasteiger partial charge in [-0.3, -0.25) is 4.79 Å². The minimum Gasteiger partial charge on any atom is -0.384 e. The van der Waals surface area contributed by atoms with Crippen LogP contribution < -0.4 is 16.4 Å². The average molecular weight is 316 g/mol. The van der Waals surface area contributed by atoms with E-state index in [1.807, 2.05) is 6.26 Å². The second-order valence-electron chi connectivity index (χ2n) is 4.19. The number of carbonyl (C=O) groups is 1. The highest BCUT2D eigenvalue weighted by atomic mass is 32.2. The second kappa shape index (κ2) is 7.41. The van der Waals surface area contributed by atoms with Crippen LogP contribution in [0.1, 0.15) is 10.4 Å². The first-order valence-corrected chi connectivity index (χ1v) is 7.66. The lowest BCUT2D eigenvalue weighted by molar-refractivity contribution is 0.0958. The van der Waals surface area contributed by atoms with Crippen LogP contribution in [0.2, 0.25) is 0 Å². The summed E-state index contributed by atoms with van der Waals surface area (Å²) in [5.41, 5.74) is 5.98. The zero-order chi connectivity index (χ0) is 15.9. The van der Waals surface area contributed by atoms with Gasteiger partial charge in [-0.15, -0.1) is 6.58 Å². The number of amides is 1. The lowest BCUT2D eigenvalue weighted by Gasteiger charge is -2.11. The van der Waals surface area contributed by atoms with Gasteiger partial charge in [0.05, 0.1) is 0 Å². The molecule has 0 atom stereocenters. The van der Waals surface area contributed by atoms with E-state index in [0.29, 0.717) is 34.7 Å². The minimum atomic E-state index is -0.293. The monoisotopic (exact) mass is 316 g/mol. The number of carbonyl (C=O) groups excluding carboxylic acids is 1. The fourth-order valence-corrected chi connectivity index (χ4v) is 1.97. The van der Waals surface area contributed by atoms with Crippen molar-refractivity contribution in [2.24, 2.45) is 0 Å². The molecular formula is C14H16N6OS. The first kappa shape index (κ1) is 15.8. The number of thioether (sulfide) groups is 1. The van der Waals surface area contributed by atoms with Crippen molar-refractivity contribution < 1.29 is 4.79 Å². The van der Waals surface area contributed by atoms with E-state index >= 15 is 0 Å². The maximum atomic E-state index is 12.2. The number of nitrogens with one attached hydrogen (secondary N) is 2. The minimum absolute atomic E-state index is 0.293. The molecule has 0 aliphatic carbocycles. The smallest absolute Gasteiger partial charge is 0.256 e. The van der Waals surface area contributed by atoms with E-state index in [2.05, 4.69) is 32.2 Å². The van der Waals surface area contributed by atoms with E-state index in [0.717, 1.165) is 0 Å². The molecule has 0 unspecified atom stereocenters. The quantitative estimate of drug-likeness (QED) is 0.424. The third-order valence-corrected chi connectivity index (χ3v) is 3.18. The van der Waals surface area contributed by atoms with Gasteiger partial charge in [-0.05, 0) is 18.4 Å². The van der Waals surface area contributed by atoms with E-state index in [1.54, 1.807) is 24.3 Å². The summed E-state index contributed by atoms with van der Waals surface area (Å²) in [6.07, 6.45) is 4.93. The van der Waals surface area contributed by atoms with Crippen LogP contribution in [-0.4, -0.2) is 33.7 Å². The Kier molecular flexibility index (Phi) is 5.31. The van der Waals surface area contributed by atoms with Crippen molar-refractivity contribution >= 4 is 35.1 Å². The molecule has 0 aromatic carbocycles. The van der Waals surface area contributed by atoms with Crippen molar-refractivity contribution in [2.75, 3.05) is 23.9 Å². The number of anilines is 3. The van der Waals surface area contributed by atoms with Crippen LogP contribution in [0.5, 0.6) is 0 Å².